The maximum absolute atomic E-state index is 5.09. The summed E-state index contributed by atoms with van der Waals surface area (Å²) in [6.07, 6.45) is 7.43. The summed E-state index contributed by atoms with van der Waals surface area (Å²) in [5, 5.41) is 1.25. The van der Waals surface area contributed by atoms with Crippen LogP contribution in [0.25, 0.3) is 56.4 Å². The molecule has 1 unspecified atom stereocenters. The molecule has 1 aliphatic carbocycles. The van der Waals surface area contributed by atoms with E-state index >= 15 is 0 Å². The lowest BCUT2D eigenvalue weighted by Gasteiger charge is -2.18. The standard InChI is InChI=1S/C35H27N3/c1-24-9-7-15-31-30-14-5-6-16-33(30)38(34(24)31)35-36-22-21-32(37-35)29-13-8-12-28(23-29)27-19-17-26(18-20-27)25-10-3-2-4-11-25/h2-8,10-24H,9H2,1H3. The van der Waals surface area contributed by atoms with Crippen LogP contribution in [-0.2, 0) is 0 Å². The number of fused-ring (bicyclic) bond motifs is 3. The van der Waals surface area contributed by atoms with Crippen LogP contribution in [0.5, 0.6) is 0 Å². The van der Waals surface area contributed by atoms with Crippen molar-refractivity contribution in [1.29, 1.82) is 0 Å². The minimum atomic E-state index is 0.400. The molecule has 0 amide bonds. The van der Waals surface area contributed by atoms with Crippen LogP contribution in [-0.4, -0.2) is 14.5 Å². The highest BCUT2D eigenvalue weighted by Crippen LogP contribution is 2.38. The number of nitrogens with zero attached hydrogens (tertiary/aromatic N) is 3. The average molecular weight is 490 g/mol. The number of hydrogen-bond donors (Lipinski definition) is 0. The van der Waals surface area contributed by atoms with E-state index in [-0.39, 0.29) is 0 Å². The summed E-state index contributed by atoms with van der Waals surface area (Å²) in [6, 6.07) is 38.4. The molecule has 0 bridgehead atoms. The molecule has 1 atom stereocenters. The number of rotatable bonds is 4. The van der Waals surface area contributed by atoms with E-state index < -0.39 is 0 Å². The molecule has 0 radical (unpaired) electrons. The third-order valence-corrected chi connectivity index (χ3v) is 7.52. The molecule has 182 valence electrons. The Hall–Kier alpha value is -4.76. The van der Waals surface area contributed by atoms with Crippen molar-refractivity contribution in [2.45, 2.75) is 19.3 Å². The van der Waals surface area contributed by atoms with Gasteiger partial charge in [-0.2, -0.15) is 0 Å². The fraction of sp³-hybridized carbons (Fsp3) is 0.0857. The predicted molar refractivity (Wildman–Crippen MR) is 157 cm³/mol. The van der Waals surface area contributed by atoms with E-state index in [1.165, 1.54) is 38.9 Å². The van der Waals surface area contributed by atoms with E-state index in [1.54, 1.807) is 0 Å². The first-order valence-corrected chi connectivity index (χ1v) is 13.2. The summed E-state index contributed by atoms with van der Waals surface area (Å²) >= 11 is 0. The molecule has 2 aromatic heterocycles. The van der Waals surface area contributed by atoms with E-state index in [1.807, 2.05) is 18.3 Å². The van der Waals surface area contributed by atoms with Gasteiger partial charge in [0.15, 0.2) is 0 Å². The lowest BCUT2D eigenvalue weighted by Crippen LogP contribution is -2.10. The Morgan fingerprint density at radius 2 is 1.37 bits per heavy atom. The van der Waals surface area contributed by atoms with Gasteiger partial charge in [-0.05, 0) is 46.9 Å². The Labute approximate surface area is 222 Å². The number of benzene rings is 4. The maximum Gasteiger partial charge on any atom is 0.234 e. The molecule has 1 aliphatic rings. The molecule has 38 heavy (non-hydrogen) atoms. The molecule has 0 N–H and O–H groups in total. The molecule has 0 spiro atoms. The third kappa shape index (κ3) is 3.84. The highest BCUT2D eigenvalue weighted by atomic mass is 15.2. The molecule has 4 aromatic carbocycles. The van der Waals surface area contributed by atoms with E-state index in [4.69, 9.17) is 9.97 Å². The Morgan fingerprint density at radius 3 is 2.21 bits per heavy atom. The van der Waals surface area contributed by atoms with E-state index in [2.05, 4.69) is 121 Å². The first-order valence-electron chi connectivity index (χ1n) is 13.2. The first kappa shape index (κ1) is 22.4. The number of hydrogen-bond acceptors (Lipinski definition) is 2. The van der Waals surface area contributed by atoms with Gasteiger partial charge >= 0.3 is 0 Å². The highest BCUT2D eigenvalue weighted by molar-refractivity contribution is 5.93. The number of allylic oxidation sites excluding steroid dienone is 1. The Balaban J connectivity index is 1.28. The first-order chi connectivity index (χ1) is 18.8. The summed E-state index contributed by atoms with van der Waals surface area (Å²) in [5.41, 5.74) is 10.5. The lowest BCUT2D eigenvalue weighted by atomic mass is 9.93. The summed E-state index contributed by atoms with van der Waals surface area (Å²) in [5.74, 6) is 1.12. The second kappa shape index (κ2) is 9.28. The predicted octanol–water partition coefficient (Wildman–Crippen LogP) is 8.94. The molecule has 6 aromatic rings. The summed E-state index contributed by atoms with van der Waals surface area (Å²) in [4.78, 5) is 9.84. The molecule has 7 rings (SSSR count). The SMILES string of the molecule is CC1CC=Cc2c1n(-c1nccc(-c3cccc(-c4ccc(-c5ccccc5)cc4)c3)n1)c1ccccc21. The van der Waals surface area contributed by atoms with Crippen LogP contribution in [0, 0.1) is 0 Å². The van der Waals surface area contributed by atoms with Crippen molar-refractivity contribution in [3.8, 4) is 39.5 Å². The molecule has 0 saturated carbocycles. The number of para-hydroxylation sites is 1. The molecule has 2 heterocycles. The normalized spacial score (nSPS) is 14.5. The van der Waals surface area contributed by atoms with Gasteiger partial charge in [-0.15, -0.1) is 0 Å². The van der Waals surface area contributed by atoms with E-state index in [9.17, 15) is 0 Å². The van der Waals surface area contributed by atoms with Gasteiger partial charge in [0.25, 0.3) is 0 Å². The lowest BCUT2D eigenvalue weighted by molar-refractivity contribution is 0.712. The van der Waals surface area contributed by atoms with E-state index in [0.29, 0.717) is 5.92 Å². The van der Waals surface area contributed by atoms with Crippen LogP contribution in [0.1, 0.15) is 30.5 Å². The van der Waals surface area contributed by atoms with Crippen LogP contribution >= 0.6 is 0 Å². The quantitative estimate of drug-likeness (QED) is 0.247. The highest BCUT2D eigenvalue weighted by Gasteiger charge is 2.24. The zero-order chi connectivity index (χ0) is 25.5. The second-order valence-corrected chi connectivity index (χ2v) is 9.96. The zero-order valence-corrected chi connectivity index (χ0v) is 21.3. The van der Waals surface area contributed by atoms with Crippen molar-refractivity contribution >= 4 is 17.0 Å². The summed E-state index contributed by atoms with van der Waals surface area (Å²) in [7, 11) is 0. The smallest absolute Gasteiger partial charge is 0.234 e. The van der Waals surface area contributed by atoms with Gasteiger partial charge < -0.3 is 0 Å². The zero-order valence-electron chi connectivity index (χ0n) is 21.3. The molecule has 0 aliphatic heterocycles. The fourth-order valence-corrected chi connectivity index (χ4v) is 5.62. The molecule has 3 nitrogen and oxygen atoms in total. The molecule has 0 saturated heterocycles. The largest absolute Gasteiger partial charge is 0.281 e. The monoisotopic (exact) mass is 489 g/mol. The van der Waals surface area contributed by atoms with Crippen molar-refractivity contribution < 1.29 is 0 Å². The molecule has 0 fully saturated rings. The summed E-state index contributed by atoms with van der Waals surface area (Å²) in [6.45, 7) is 2.29. The van der Waals surface area contributed by atoms with E-state index in [0.717, 1.165) is 29.1 Å². The molecule has 3 heteroatoms. The van der Waals surface area contributed by atoms with Crippen molar-refractivity contribution in [2.75, 3.05) is 0 Å². The van der Waals surface area contributed by atoms with Gasteiger partial charge in [0.2, 0.25) is 5.95 Å². The summed E-state index contributed by atoms with van der Waals surface area (Å²) < 4.78 is 2.26. The van der Waals surface area contributed by atoms with Gasteiger partial charge in [-0.3, -0.25) is 4.57 Å². The molecular formula is C35H27N3. The maximum atomic E-state index is 5.09. The van der Waals surface area contributed by atoms with Crippen molar-refractivity contribution in [3.63, 3.8) is 0 Å². The van der Waals surface area contributed by atoms with Gasteiger partial charge in [0.1, 0.15) is 0 Å². The second-order valence-electron chi connectivity index (χ2n) is 9.96. The van der Waals surface area contributed by atoms with Gasteiger partial charge in [0.05, 0.1) is 11.2 Å². The van der Waals surface area contributed by atoms with Crippen LogP contribution in [0.15, 0.2) is 121 Å². The van der Waals surface area contributed by atoms with Crippen LogP contribution in [0.4, 0.5) is 0 Å². The Kier molecular flexibility index (Phi) is 5.48. The third-order valence-electron chi connectivity index (χ3n) is 7.52. The van der Waals surface area contributed by atoms with Crippen molar-refractivity contribution in [1.82, 2.24) is 14.5 Å². The van der Waals surface area contributed by atoms with Crippen LogP contribution in [0.2, 0.25) is 0 Å². The van der Waals surface area contributed by atoms with Gasteiger partial charge in [-0.1, -0.05) is 110 Å². The van der Waals surface area contributed by atoms with Crippen LogP contribution in [0.3, 0.4) is 0 Å². The van der Waals surface area contributed by atoms with Crippen LogP contribution < -0.4 is 0 Å². The molecular weight excluding hydrogens is 462 g/mol. The number of aromatic nitrogens is 3. The average Bonchev–Trinajstić information content (AvgIpc) is 3.34. The minimum absolute atomic E-state index is 0.400. The topological polar surface area (TPSA) is 30.7 Å². The Bertz CT molecular complexity index is 1790. The van der Waals surface area contributed by atoms with Crippen molar-refractivity contribution in [2.24, 2.45) is 0 Å². The van der Waals surface area contributed by atoms with Gasteiger partial charge in [-0.25, -0.2) is 9.97 Å². The minimum Gasteiger partial charge on any atom is -0.281 e. The Morgan fingerprint density at radius 1 is 0.684 bits per heavy atom. The van der Waals surface area contributed by atoms with Crippen molar-refractivity contribution in [3.05, 3.63) is 133 Å². The fourth-order valence-electron chi connectivity index (χ4n) is 5.62. The van der Waals surface area contributed by atoms with Gasteiger partial charge in [0, 0.05) is 34.3 Å².